The highest BCUT2D eigenvalue weighted by molar-refractivity contribution is 5.66. The molecule has 0 aromatic heterocycles. The number of carboxylic acids is 1. The summed E-state index contributed by atoms with van der Waals surface area (Å²) < 4.78 is 5.84. The van der Waals surface area contributed by atoms with Gasteiger partial charge in [0.05, 0.1) is 18.6 Å². The number of ether oxygens (including phenoxy) is 1. The number of carbonyl (C=O) groups is 1. The lowest BCUT2D eigenvalue weighted by Gasteiger charge is -2.35. The summed E-state index contributed by atoms with van der Waals surface area (Å²) in [5.74, 6) is -0.703. The predicted molar refractivity (Wildman–Crippen MR) is 68.7 cm³/mol. The molecule has 2 heterocycles. The van der Waals surface area contributed by atoms with Crippen molar-refractivity contribution in [2.75, 3.05) is 39.3 Å². The Labute approximate surface area is 109 Å². The van der Waals surface area contributed by atoms with E-state index in [2.05, 4.69) is 16.7 Å². The summed E-state index contributed by atoms with van der Waals surface area (Å²) >= 11 is 0. The van der Waals surface area contributed by atoms with Gasteiger partial charge < -0.3 is 14.7 Å². The van der Waals surface area contributed by atoms with Gasteiger partial charge in [-0.05, 0) is 19.8 Å². The van der Waals surface area contributed by atoms with Crippen LogP contribution in [0.3, 0.4) is 0 Å². The Balaban J connectivity index is 1.62. The molecular weight excluding hydrogens is 232 g/mol. The van der Waals surface area contributed by atoms with Gasteiger partial charge in [-0.25, -0.2) is 0 Å². The Kier molecular flexibility index (Phi) is 4.97. The van der Waals surface area contributed by atoms with Crippen molar-refractivity contribution in [1.82, 2.24) is 9.80 Å². The first kappa shape index (κ1) is 13.8. The molecule has 104 valence electrons. The van der Waals surface area contributed by atoms with Crippen molar-refractivity contribution in [3.8, 4) is 0 Å². The summed E-state index contributed by atoms with van der Waals surface area (Å²) in [6, 6.07) is 0. The zero-order chi connectivity index (χ0) is 13.0. The third kappa shape index (κ3) is 4.23. The summed E-state index contributed by atoms with van der Waals surface area (Å²) in [7, 11) is 0. The van der Waals surface area contributed by atoms with Crippen LogP contribution in [0.5, 0.6) is 0 Å². The lowest BCUT2D eigenvalue weighted by atomic mass is 10.2. The van der Waals surface area contributed by atoms with E-state index in [1.807, 2.05) is 0 Å². The van der Waals surface area contributed by atoms with E-state index in [9.17, 15) is 4.79 Å². The molecule has 0 saturated carbocycles. The molecule has 5 heteroatoms. The normalized spacial score (nSPS) is 30.7. The molecule has 0 amide bonds. The van der Waals surface area contributed by atoms with Crippen molar-refractivity contribution < 1.29 is 14.6 Å². The minimum absolute atomic E-state index is 0.253. The second-order valence-electron chi connectivity index (χ2n) is 5.43. The van der Waals surface area contributed by atoms with Crippen molar-refractivity contribution in [1.29, 1.82) is 0 Å². The van der Waals surface area contributed by atoms with Crippen molar-refractivity contribution in [2.45, 2.75) is 38.4 Å². The fraction of sp³-hybridized carbons (Fsp3) is 0.923. The molecule has 2 unspecified atom stereocenters. The van der Waals surface area contributed by atoms with E-state index in [1.54, 1.807) is 0 Å². The van der Waals surface area contributed by atoms with E-state index in [0.717, 1.165) is 32.7 Å². The van der Waals surface area contributed by atoms with Gasteiger partial charge in [0.1, 0.15) is 0 Å². The number of rotatable bonds is 5. The molecule has 2 rings (SSSR count). The number of carboxylic acid groups (broad SMARTS) is 1. The highest BCUT2D eigenvalue weighted by Crippen LogP contribution is 2.20. The SMILES string of the molecule is CC1CCC(CN2CCN(CCC(=O)O)CC2)O1. The van der Waals surface area contributed by atoms with E-state index < -0.39 is 5.97 Å². The fourth-order valence-electron chi connectivity index (χ4n) is 2.76. The lowest BCUT2D eigenvalue weighted by Crippen LogP contribution is -2.48. The first-order chi connectivity index (χ1) is 8.63. The Morgan fingerprint density at radius 1 is 1.22 bits per heavy atom. The first-order valence-electron chi connectivity index (χ1n) is 6.95. The maximum Gasteiger partial charge on any atom is 0.304 e. The van der Waals surface area contributed by atoms with Crippen LogP contribution in [-0.2, 0) is 9.53 Å². The van der Waals surface area contributed by atoms with Gasteiger partial charge in [-0.2, -0.15) is 0 Å². The van der Waals surface area contributed by atoms with Crippen LogP contribution >= 0.6 is 0 Å². The van der Waals surface area contributed by atoms with Gasteiger partial charge in [0.2, 0.25) is 0 Å². The minimum atomic E-state index is -0.703. The first-order valence-corrected chi connectivity index (χ1v) is 6.95. The maximum atomic E-state index is 10.5. The third-order valence-corrected chi connectivity index (χ3v) is 3.89. The Hall–Kier alpha value is -0.650. The van der Waals surface area contributed by atoms with E-state index in [-0.39, 0.29) is 6.42 Å². The molecule has 0 aromatic rings. The zero-order valence-corrected chi connectivity index (χ0v) is 11.2. The second kappa shape index (κ2) is 6.50. The van der Waals surface area contributed by atoms with Gasteiger partial charge in [0, 0.05) is 39.3 Å². The number of hydrogen-bond donors (Lipinski definition) is 1. The molecule has 1 N–H and O–H groups in total. The van der Waals surface area contributed by atoms with Gasteiger partial charge in [0.15, 0.2) is 0 Å². The van der Waals surface area contributed by atoms with Crippen LogP contribution in [0.2, 0.25) is 0 Å². The van der Waals surface area contributed by atoms with Crippen molar-refractivity contribution in [3.05, 3.63) is 0 Å². The molecule has 0 spiro atoms. The Morgan fingerprint density at radius 2 is 1.89 bits per heavy atom. The van der Waals surface area contributed by atoms with Crippen LogP contribution in [0, 0.1) is 0 Å². The molecule has 0 bridgehead atoms. The fourth-order valence-corrected chi connectivity index (χ4v) is 2.76. The molecule has 5 nitrogen and oxygen atoms in total. The average Bonchev–Trinajstić information content (AvgIpc) is 2.74. The topological polar surface area (TPSA) is 53.0 Å². The van der Waals surface area contributed by atoms with Crippen LogP contribution < -0.4 is 0 Å². The van der Waals surface area contributed by atoms with Gasteiger partial charge in [-0.15, -0.1) is 0 Å². The van der Waals surface area contributed by atoms with E-state index >= 15 is 0 Å². The molecule has 0 aliphatic carbocycles. The van der Waals surface area contributed by atoms with Crippen LogP contribution in [0.15, 0.2) is 0 Å². The second-order valence-corrected chi connectivity index (χ2v) is 5.43. The molecule has 2 fully saturated rings. The summed E-state index contributed by atoms with van der Waals surface area (Å²) in [5, 5.41) is 8.66. The molecule has 18 heavy (non-hydrogen) atoms. The predicted octanol–water partition coefficient (Wildman–Crippen LogP) is 0.646. The quantitative estimate of drug-likeness (QED) is 0.782. The number of nitrogens with zero attached hydrogens (tertiary/aromatic N) is 2. The maximum absolute atomic E-state index is 10.5. The molecule has 2 aliphatic heterocycles. The van der Waals surface area contributed by atoms with E-state index in [0.29, 0.717) is 18.8 Å². The summed E-state index contributed by atoms with van der Waals surface area (Å²) in [5.41, 5.74) is 0. The lowest BCUT2D eigenvalue weighted by molar-refractivity contribution is -0.137. The molecule has 0 aromatic carbocycles. The van der Waals surface area contributed by atoms with Crippen LogP contribution in [0.1, 0.15) is 26.2 Å². The highest BCUT2D eigenvalue weighted by Gasteiger charge is 2.25. The minimum Gasteiger partial charge on any atom is -0.481 e. The van der Waals surface area contributed by atoms with Crippen LogP contribution in [0.4, 0.5) is 0 Å². The van der Waals surface area contributed by atoms with Crippen molar-refractivity contribution >= 4 is 5.97 Å². The van der Waals surface area contributed by atoms with Gasteiger partial charge in [-0.1, -0.05) is 0 Å². The smallest absolute Gasteiger partial charge is 0.304 e. The number of aliphatic carboxylic acids is 1. The van der Waals surface area contributed by atoms with E-state index in [1.165, 1.54) is 12.8 Å². The van der Waals surface area contributed by atoms with Crippen molar-refractivity contribution in [2.24, 2.45) is 0 Å². The number of piperazine rings is 1. The molecule has 2 saturated heterocycles. The molecule has 0 radical (unpaired) electrons. The average molecular weight is 256 g/mol. The zero-order valence-electron chi connectivity index (χ0n) is 11.2. The van der Waals surface area contributed by atoms with E-state index in [4.69, 9.17) is 9.84 Å². The van der Waals surface area contributed by atoms with Crippen LogP contribution in [-0.4, -0.2) is 72.4 Å². The van der Waals surface area contributed by atoms with Gasteiger partial charge in [-0.3, -0.25) is 9.69 Å². The standard InChI is InChI=1S/C13H24N2O3/c1-11-2-3-12(18-11)10-15-8-6-14(7-9-15)5-4-13(16)17/h11-12H,2-10H2,1H3,(H,16,17). The highest BCUT2D eigenvalue weighted by atomic mass is 16.5. The monoisotopic (exact) mass is 256 g/mol. The summed E-state index contributed by atoms with van der Waals surface area (Å²) in [4.78, 5) is 15.2. The van der Waals surface area contributed by atoms with Crippen LogP contribution in [0.25, 0.3) is 0 Å². The third-order valence-electron chi connectivity index (χ3n) is 3.89. The molecule has 2 aliphatic rings. The van der Waals surface area contributed by atoms with Gasteiger partial charge >= 0.3 is 5.97 Å². The summed E-state index contributed by atoms with van der Waals surface area (Å²) in [6.45, 7) is 7.90. The molecular formula is C13H24N2O3. The van der Waals surface area contributed by atoms with Crippen molar-refractivity contribution in [3.63, 3.8) is 0 Å². The molecule has 2 atom stereocenters. The number of hydrogen-bond acceptors (Lipinski definition) is 4. The van der Waals surface area contributed by atoms with Gasteiger partial charge in [0.25, 0.3) is 0 Å². The Bertz CT molecular complexity index is 277. The largest absolute Gasteiger partial charge is 0.481 e. The summed E-state index contributed by atoms with van der Waals surface area (Å²) in [6.07, 6.45) is 3.45. The Morgan fingerprint density at radius 3 is 2.44 bits per heavy atom.